The Bertz CT molecular complexity index is 507. The molecule has 1 aromatic carbocycles. The van der Waals surface area contributed by atoms with Crippen molar-refractivity contribution in [2.75, 3.05) is 0 Å². The summed E-state index contributed by atoms with van der Waals surface area (Å²) in [6, 6.07) is 8.09. The fraction of sp³-hybridized carbons (Fsp3) is 0.182. The summed E-state index contributed by atoms with van der Waals surface area (Å²) in [5.41, 5.74) is 3.42. The van der Waals surface area contributed by atoms with E-state index in [-0.39, 0.29) is 0 Å². The molecule has 0 saturated carbocycles. The van der Waals surface area contributed by atoms with E-state index in [1.54, 1.807) is 0 Å². The summed E-state index contributed by atoms with van der Waals surface area (Å²) in [6.07, 6.45) is 1.88. The van der Waals surface area contributed by atoms with Gasteiger partial charge in [0.25, 0.3) is 0 Å². The van der Waals surface area contributed by atoms with Crippen molar-refractivity contribution in [2.24, 2.45) is 0 Å². The van der Waals surface area contributed by atoms with E-state index >= 15 is 0 Å². The molecule has 3 rings (SSSR count). The van der Waals surface area contributed by atoms with Gasteiger partial charge in [0, 0.05) is 10.0 Å². The summed E-state index contributed by atoms with van der Waals surface area (Å²) in [6.45, 7) is 1.34. The lowest BCUT2D eigenvalue weighted by Gasteiger charge is -2.05. The monoisotopic (exact) mass is 264 g/mol. The van der Waals surface area contributed by atoms with Gasteiger partial charge >= 0.3 is 0 Å². The molecule has 15 heavy (non-hydrogen) atoms. The lowest BCUT2D eigenvalue weighted by molar-refractivity contribution is 0.130. The van der Waals surface area contributed by atoms with Crippen LogP contribution in [-0.2, 0) is 18.0 Å². The zero-order valence-electron chi connectivity index (χ0n) is 7.98. The van der Waals surface area contributed by atoms with Crippen LogP contribution in [0.4, 0.5) is 0 Å². The van der Waals surface area contributed by atoms with E-state index in [9.17, 15) is 0 Å². The fourth-order valence-electron chi connectivity index (χ4n) is 1.77. The number of hydrogen-bond donors (Lipinski definition) is 0. The second kappa shape index (κ2) is 3.47. The molecule has 2 aromatic rings. The van der Waals surface area contributed by atoms with Gasteiger partial charge in [0.2, 0.25) is 0 Å². The summed E-state index contributed by atoms with van der Waals surface area (Å²) < 4.78 is 8.37. The van der Waals surface area contributed by atoms with E-state index in [0.29, 0.717) is 13.2 Å². The van der Waals surface area contributed by atoms with Gasteiger partial charge in [-0.1, -0.05) is 22.0 Å². The minimum atomic E-state index is 0.655. The van der Waals surface area contributed by atoms with Crippen LogP contribution in [0, 0.1) is 0 Å². The molecule has 1 aromatic heterocycles. The predicted octanol–water partition coefficient (Wildman–Crippen LogP) is 2.67. The van der Waals surface area contributed by atoms with Crippen LogP contribution in [0.5, 0.6) is 0 Å². The van der Waals surface area contributed by atoms with Crippen molar-refractivity contribution in [3.63, 3.8) is 0 Å². The third-order valence-electron chi connectivity index (χ3n) is 2.50. The van der Waals surface area contributed by atoms with E-state index in [1.807, 2.05) is 35.1 Å². The predicted molar refractivity (Wildman–Crippen MR) is 59.8 cm³/mol. The van der Waals surface area contributed by atoms with Crippen LogP contribution in [0.25, 0.3) is 5.69 Å². The van der Waals surface area contributed by atoms with Gasteiger partial charge in [0.05, 0.1) is 30.8 Å². The largest absolute Gasteiger partial charge is 0.370 e. The van der Waals surface area contributed by atoms with Crippen LogP contribution in [0.2, 0.25) is 0 Å². The first kappa shape index (κ1) is 9.12. The minimum absolute atomic E-state index is 0.655. The molecule has 0 bridgehead atoms. The highest BCUT2D eigenvalue weighted by atomic mass is 79.9. The zero-order chi connectivity index (χ0) is 10.3. The van der Waals surface area contributed by atoms with Crippen molar-refractivity contribution >= 4 is 15.9 Å². The smallest absolute Gasteiger partial charge is 0.0897 e. The third kappa shape index (κ3) is 1.50. The first-order chi connectivity index (χ1) is 7.34. The molecule has 0 aliphatic carbocycles. The second-order valence-corrected chi connectivity index (χ2v) is 4.42. The van der Waals surface area contributed by atoms with E-state index < -0.39 is 0 Å². The molecule has 0 N–H and O–H groups in total. The number of hydrogen-bond acceptors (Lipinski definition) is 2. The molecule has 0 unspecified atom stereocenters. The fourth-order valence-corrected chi connectivity index (χ4v) is 2.16. The number of benzene rings is 1. The highest BCUT2D eigenvalue weighted by Crippen LogP contribution is 2.23. The van der Waals surface area contributed by atoms with Crippen LogP contribution in [0.3, 0.4) is 0 Å². The number of nitrogens with zero attached hydrogens (tertiary/aromatic N) is 2. The summed E-state index contributed by atoms with van der Waals surface area (Å²) in [5.74, 6) is 0. The van der Waals surface area contributed by atoms with Gasteiger partial charge in [0.15, 0.2) is 0 Å². The first-order valence-corrected chi connectivity index (χ1v) is 5.53. The molecule has 0 spiro atoms. The molecule has 0 saturated heterocycles. The van der Waals surface area contributed by atoms with Crippen molar-refractivity contribution in [1.29, 1.82) is 0 Å². The Hall–Kier alpha value is -1.13. The van der Waals surface area contributed by atoms with Crippen LogP contribution >= 0.6 is 15.9 Å². The maximum absolute atomic E-state index is 5.37. The minimum Gasteiger partial charge on any atom is -0.370 e. The summed E-state index contributed by atoms with van der Waals surface area (Å²) in [4.78, 5) is 0. The Morgan fingerprint density at radius 3 is 3.13 bits per heavy atom. The number of halogens is 1. The Morgan fingerprint density at radius 1 is 1.33 bits per heavy atom. The van der Waals surface area contributed by atoms with Gasteiger partial charge < -0.3 is 4.74 Å². The molecular formula is C11H9BrN2O. The maximum atomic E-state index is 5.37. The number of ether oxygens (including phenoxy) is 1. The van der Waals surface area contributed by atoms with Gasteiger partial charge in [-0.15, -0.1) is 0 Å². The Balaban J connectivity index is 2.13. The second-order valence-electron chi connectivity index (χ2n) is 3.50. The van der Waals surface area contributed by atoms with Crippen molar-refractivity contribution in [3.05, 3.63) is 46.2 Å². The Morgan fingerprint density at radius 2 is 2.27 bits per heavy atom. The molecule has 1 aliphatic heterocycles. The molecule has 3 nitrogen and oxygen atoms in total. The van der Waals surface area contributed by atoms with Crippen LogP contribution in [-0.4, -0.2) is 9.78 Å². The van der Waals surface area contributed by atoms with Crippen molar-refractivity contribution < 1.29 is 4.74 Å². The van der Waals surface area contributed by atoms with Gasteiger partial charge in [-0.25, -0.2) is 4.68 Å². The van der Waals surface area contributed by atoms with E-state index in [1.165, 1.54) is 5.56 Å². The summed E-state index contributed by atoms with van der Waals surface area (Å²) in [5, 5.41) is 4.36. The average Bonchev–Trinajstić information content (AvgIpc) is 2.77. The molecule has 0 amide bonds. The number of aromatic nitrogens is 2. The Kier molecular flexibility index (Phi) is 2.11. The van der Waals surface area contributed by atoms with Crippen LogP contribution in [0.1, 0.15) is 11.3 Å². The Labute approximate surface area is 95.8 Å². The van der Waals surface area contributed by atoms with Gasteiger partial charge in [-0.3, -0.25) is 0 Å². The number of rotatable bonds is 1. The third-order valence-corrected chi connectivity index (χ3v) is 3.00. The molecule has 0 fully saturated rings. The van der Waals surface area contributed by atoms with Gasteiger partial charge in [0.1, 0.15) is 0 Å². The van der Waals surface area contributed by atoms with Crippen molar-refractivity contribution in [2.45, 2.75) is 13.2 Å². The molecule has 1 aliphatic rings. The normalized spacial score (nSPS) is 14.2. The molecule has 76 valence electrons. The maximum Gasteiger partial charge on any atom is 0.0897 e. The number of fused-ring (bicyclic) bond motifs is 1. The first-order valence-electron chi connectivity index (χ1n) is 4.74. The standard InChI is InChI=1S/C11H9BrN2O/c12-9-2-1-3-10(4-9)14-11-7-15-6-8(11)5-13-14/h1-5H,6-7H2. The van der Waals surface area contributed by atoms with Crippen molar-refractivity contribution in [3.8, 4) is 5.69 Å². The quantitative estimate of drug-likeness (QED) is 0.792. The highest BCUT2D eigenvalue weighted by molar-refractivity contribution is 9.10. The van der Waals surface area contributed by atoms with E-state index in [0.717, 1.165) is 15.9 Å². The molecule has 0 atom stereocenters. The summed E-state index contributed by atoms with van der Waals surface area (Å²) >= 11 is 3.46. The molecule has 2 heterocycles. The van der Waals surface area contributed by atoms with E-state index in [4.69, 9.17) is 4.74 Å². The van der Waals surface area contributed by atoms with Gasteiger partial charge in [-0.2, -0.15) is 5.10 Å². The highest BCUT2D eigenvalue weighted by Gasteiger charge is 2.17. The zero-order valence-corrected chi connectivity index (χ0v) is 9.57. The van der Waals surface area contributed by atoms with Crippen molar-refractivity contribution in [1.82, 2.24) is 9.78 Å². The average molecular weight is 265 g/mol. The van der Waals surface area contributed by atoms with Gasteiger partial charge in [-0.05, 0) is 18.2 Å². The molecule has 4 heteroatoms. The lowest BCUT2D eigenvalue weighted by atomic mass is 10.3. The van der Waals surface area contributed by atoms with Crippen LogP contribution in [0.15, 0.2) is 34.9 Å². The SMILES string of the molecule is Brc1cccc(-n2ncc3c2COC3)c1. The lowest BCUT2D eigenvalue weighted by Crippen LogP contribution is -2.00. The summed E-state index contributed by atoms with van der Waals surface area (Å²) in [7, 11) is 0. The molecular weight excluding hydrogens is 256 g/mol. The van der Waals surface area contributed by atoms with E-state index in [2.05, 4.69) is 21.0 Å². The molecule has 0 radical (unpaired) electrons. The topological polar surface area (TPSA) is 27.1 Å². The van der Waals surface area contributed by atoms with Crippen LogP contribution < -0.4 is 0 Å².